The van der Waals surface area contributed by atoms with Crippen LogP contribution in [0.3, 0.4) is 0 Å². The quantitative estimate of drug-likeness (QED) is 0.569. The molecule has 2 aromatic carbocycles. The Morgan fingerprint density at radius 2 is 2.00 bits per heavy atom. The Bertz CT molecular complexity index is 806. The van der Waals surface area contributed by atoms with Gasteiger partial charge in [-0.15, -0.1) is 0 Å². The summed E-state index contributed by atoms with van der Waals surface area (Å²) in [5.74, 6) is 0.577. The molecule has 0 aromatic heterocycles. The summed E-state index contributed by atoms with van der Waals surface area (Å²) in [6.45, 7) is 0.569. The van der Waals surface area contributed by atoms with Crippen molar-refractivity contribution in [2.75, 3.05) is 6.61 Å². The number of thioether (sulfide) groups is 1. The number of amides is 1. The lowest BCUT2D eigenvalue weighted by atomic mass is 10.1. The fraction of sp³-hybridized carbons (Fsp3) is 0.111. The van der Waals surface area contributed by atoms with Crippen molar-refractivity contribution in [1.29, 1.82) is 0 Å². The summed E-state index contributed by atoms with van der Waals surface area (Å²) in [7, 11) is 0. The number of thiocarbonyl (C=S) groups is 1. The Morgan fingerprint density at radius 1 is 1.21 bits per heavy atom. The first-order valence-corrected chi connectivity index (χ1v) is 9.35. The Balaban J connectivity index is 1.75. The van der Waals surface area contributed by atoms with E-state index in [0.29, 0.717) is 15.8 Å². The predicted molar refractivity (Wildman–Crippen MR) is 106 cm³/mol. The average molecular weight is 420 g/mol. The standard InChI is InChI=1S/C18H14BrNO2S2/c19-14-6-7-15(22-9-8-12-4-2-1-3-5-12)13(10-14)11-16-17(21)20-18(23)24-16/h1-7,10-11H,8-9H2,(H,20,21,23)/b16-11+. The molecule has 1 heterocycles. The molecule has 0 atom stereocenters. The van der Waals surface area contributed by atoms with E-state index in [2.05, 4.69) is 33.4 Å². The average Bonchev–Trinajstić information content (AvgIpc) is 2.88. The molecule has 1 aliphatic rings. The molecule has 24 heavy (non-hydrogen) atoms. The molecule has 0 bridgehead atoms. The maximum absolute atomic E-state index is 11.8. The van der Waals surface area contributed by atoms with E-state index in [9.17, 15) is 4.79 Å². The van der Waals surface area contributed by atoms with Crippen LogP contribution < -0.4 is 10.1 Å². The summed E-state index contributed by atoms with van der Waals surface area (Å²) in [6.07, 6.45) is 2.63. The zero-order valence-corrected chi connectivity index (χ0v) is 15.8. The van der Waals surface area contributed by atoms with Crippen LogP contribution in [-0.2, 0) is 11.2 Å². The number of hydrogen-bond donors (Lipinski definition) is 1. The van der Waals surface area contributed by atoms with E-state index in [1.807, 2.05) is 42.5 Å². The van der Waals surface area contributed by atoms with Crippen molar-refractivity contribution in [3.05, 3.63) is 69.0 Å². The largest absolute Gasteiger partial charge is 0.493 e. The molecule has 0 unspecified atom stereocenters. The van der Waals surface area contributed by atoms with Crippen molar-refractivity contribution in [2.45, 2.75) is 6.42 Å². The second-order valence-electron chi connectivity index (χ2n) is 5.12. The molecule has 1 saturated heterocycles. The zero-order valence-electron chi connectivity index (χ0n) is 12.6. The predicted octanol–water partition coefficient (Wildman–Crippen LogP) is 4.56. The lowest BCUT2D eigenvalue weighted by Gasteiger charge is -2.10. The van der Waals surface area contributed by atoms with Crippen molar-refractivity contribution in [2.24, 2.45) is 0 Å². The molecular weight excluding hydrogens is 406 g/mol. The van der Waals surface area contributed by atoms with Gasteiger partial charge in [0, 0.05) is 16.5 Å². The number of ether oxygens (including phenoxy) is 1. The second kappa shape index (κ2) is 7.96. The Labute approximate surface area is 158 Å². The first-order valence-electron chi connectivity index (χ1n) is 7.33. The molecule has 3 rings (SSSR count). The van der Waals surface area contributed by atoms with Gasteiger partial charge < -0.3 is 10.1 Å². The minimum Gasteiger partial charge on any atom is -0.493 e. The van der Waals surface area contributed by atoms with Gasteiger partial charge >= 0.3 is 0 Å². The highest BCUT2D eigenvalue weighted by Crippen LogP contribution is 2.31. The van der Waals surface area contributed by atoms with Gasteiger partial charge in [-0.2, -0.15) is 0 Å². The highest BCUT2D eigenvalue weighted by molar-refractivity contribution is 9.10. The van der Waals surface area contributed by atoms with Crippen molar-refractivity contribution < 1.29 is 9.53 Å². The smallest absolute Gasteiger partial charge is 0.263 e. The monoisotopic (exact) mass is 419 g/mol. The maximum atomic E-state index is 11.8. The summed E-state index contributed by atoms with van der Waals surface area (Å²) in [5, 5.41) is 2.62. The molecule has 0 aliphatic carbocycles. The van der Waals surface area contributed by atoms with Gasteiger partial charge in [-0.1, -0.05) is 70.2 Å². The van der Waals surface area contributed by atoms with Gasteiger partial charge in [0.25, 0.3) is 5.91 Å². The van der Waals surface area contributed by atoms with Crippen LogP contribution >= 0.6 is 39.9 Å². The third-order valence-electron chi connectivity index (χ3n) is 3.39. The first-order chi connectivity index (χ1) is 11.6. The molecule has 1 aliphatic heterocycles. The summed E-state index contributed by atoms with van der Waals surface area (Å²) in [4.78, 5) is 12.4. The maximum Gasteiger partial charge on any atom is 0.263 e. The molecule has 6 heteroatoms. The Hall–Kier alpha value is -1.63. The Kier molecular flexibility index (Phi) is 5.71. The molecular formula is C18H14BrNO2S2. The highest BCUT2D eigenvalue weighted by Gasteiger charge is 2.22. The molecule has 1 fully saturated rings. The summed E-state index contributed by atoms with van der Waals surface area (Å²) in [6, 6.07) is 15.9. The summed E-state index contributed by atoms with van der Waals surface area (Å²) >= 11 is 9.75. The minimum atomic E-state index is -0.166. The lowest BCUT2D eigenvalue weighted by molar-refractivity contribution is -0.115. The van der Waals surface area contributed by atoms with Crippen LogP contribution in [0.2, 0.25) is 0 Å². The molecule has 0 spiro atoms. The van der Waals surface area contributed by atoms with Gasteiger partial charge in [-0.3, -0.25) is 4.79 Å². The van der Waals surface area contributed by atoms with E-state index >= 15 is 0 Å². The van der Waals surface area contributed by atoms with Crippen LogP contribution in [0.5, 0.6) is 5.75 Å². The van der Waals surface area contributed by atoms with E-state index < -0.39 is 0 Å². The number of carbonyl (C=O) groups excluding carboxylic acids is 1. The van der Waals surface area contributed by atoms with Crippen LogP contribution in [0.4, 0.5) is 0 Å². The van der Waals surface area contributed by atoms with Gasteiger partial charge in [-0.05, 0) is 29.8 Å². The van der Waals surface area contributed by atoms with Gasteiger partial charge in [0.15, 0.2) is 0 Å². The topological polar surface area (TPSA) is 38.3 Å². The molecule has 2 aromatic rings. The van der Waals surface area contributed by atoms with E-state index in [4.69, 9.17) is 17.0 Å². The molecule has 1 N–H and O–H groups in total. The normalized spacial score (nSPS) is 15.6. The molecule has 1 amide bonds. The Morgan fingerprint density at radius 3 is 2.71 bits per heavy atom. The highest BCUT2D eigenvalue weighted by atomic mass is 79.9. The lowest BCUT2D eigenvalue weighted by Crippen LogP contribution is -2.17. The van der Waals surface area contributed by atoms with Crippen molar-refractivity contribution >= 4 is 56.2 Å². The summed E-state index contributed by atoms with van der Waals surface area (Å²) in [5.41, 5.74) is 2.07. The molecule has 3 nitrogen and oxygen atoms in total. The summed E-state index contributed by atoms with van der Waals surface area (Å²) < 4.78 is 7.34. The number of benzene rings is 2. The number of rotatable bonds is 5. The first kappa shape index (κ1) is 17.2. The number of carbonyl (C=O) groups is 1. The van der Waals surface area contributed by atoms with Crippen LogP contribution in [0.25, 0.3) is 6.08 Å². The van der Waals surface area contributed by atoms with Crippen LogP contribution in [0.1, 0.15) is 11.1 Å². The number of hydrogen-bond acceptors (Lipinski definition) is 4. The zero-order chi connectivity index (χ0) is 16.9. The van der Waals surface area contributed by atoms with Crippen LogP contribution in [-0.4, -0.2) is 16.8 Å². The fourth-order valence-corrected chi connectivity index (χ4v) is 3.66. The number of halogens is 1. The van der Waals surface area contributed by atoms with E-state index in [1.54, 1.807) is 0 Å². The van der Waals surface area contributed by atoms with Gasteiger partial charge in [0.1, 0.15) is 10.1 Å². The molecule has 122 valence electrons. The van der Waals surface area contributed by atoms with E-state index in [-0.39, 0.29) is 5.91 Å². The van der Waals surface area contributed by atoms with Crippen LogP contribution in [0, 0.1) is 0 Å². The van der Waals surface area contributed by atoms with E-state index in [0.717, 1.165) is 22.2 Å². The van der Waals surface area contributed by atoms with Gasteiger partial charge in [-0.25, -0.2) is 0 Å². The van der Waals surface area contributed by atoms with Gasteiger partial charge in [0.2, 0.25) is 0 Å². The van der Waals surface area contributed by atoms with Crippen molar-refractivity contribution in [1.82, 2.24) is 5.32 Å². The molecule has 0 radical (unpaired) electrons. The third-order valence-corrected chi connectivity index (χ3v) is 5.05. The van der Waals surface area contributed by atoms with Crippen molar-refractivity contribution in [3.63, 3.8) is 0 Å². The fourth-order valence-electron chi connectivity index (χ4n) is 2.25. The second-order valence-corrected chi connectivity index (χ2v) is 7.75. The van der Waals surface area contributed by atoms with Crippen LogP contribution in [0.15, 0.2) is 57.9 Å². The minimum absolute atomic E-state index is 0.166. The van der Waals surface area contributed by atoms with Crippen molar-refractivity contribution in [3.8, 4) is 5.75 Å². The molecule has 0 saturated carbocycles. The van der Waals surface area contributed by atoms with Gasteiger partial charge in [0.05, 0.1) is 11.5 Å². The van der Waals surface area contributed by atoms with E-state index in [1.165, 1.54) is 17.3 Å². The third kappa shape index (κ3) is 4.47. The number of nitrogens with one attached hydrogen (secondary N) is 1. The SMILES string of the molecule is O=C1NC(=S)S/C1=C/c1cc(Br)ccc1OCCc1ccccc1.